The Bertz CT molecular complexity index is 623. The van der Waals surface area contributed by atoms with Gasteiger partial charge in [0.1, 0.15) is 0 Å². The average molecular weight is 322 g/mol. The van der Waals surface area contributed by atoms with Gasteiger partial charge >= 0.3 is 0 Å². The molecule has 0 aromatic heterocycles. The first kappa shape index (κ1) is 16.4. The van der Waals surface area contributed by atoms with Crippen molar-refractivity contribution in [3.05, 3.63) is 68.7 Å². The van der Waals surface area contributed by atoms with Crippen LogP contribution >= 0.6 is 23.2 Å². The van der Waals surface area contributed by atoms with E-state index in [0.717, 1.165) is 18.4 Å². The van der Waals surface area contributed by atoms with Crippen molar-refractivity contribution in [2.45, 2.75) is 32.7 Å². The Labute approximate surface area is 137 Å². The van der Waals surface area contributed by atoms with Crippen molar-refractivity contribution in [1.82, 2.24) is 5.32 Å². The third kappa shape index (κ3) is 3.60. The SMILES string of the molecule is CCc1ccc(CC)c(C(NC)c2ccc(Cl)cc2Cl)c1. The Morgan fingerprint density at radius 1 is 0.952 bits per heavy atom. The summed E-state index contributed by atoms with van der Waals surface area (Å²) in [5, 5.41) is 4.76. The number of aryl methyl sites for hydroxylation is 2. The monoisotopic (exact) mass is 321 g/mol. The van der Waals surface area contributed by atoms with Gasteiger partial charge in [0.15, 0.2) is 0 Å². The fourth-order valence-corrected chi connectivity index (χ4v) is 3.19. The molecule has 2 aromatic carbocycles. The summed E-state index contributed by atoms with van der Waals surface area (Å²) in [5.41, 5.74) is 5.04. The molecule has 0 saturated heterocycles. The molecule has 2 rings (SSSR count). The van der Waals surface area contributed by atoms with Crippen molar-refractivity contribution in [1.29, 1.82) is 0 Å². The van der Waals surface area contributed by atoms with Crippen molar-refractivity contribution in [3.8, 4) is 0 Å². The van der Waals surface area contributed by atoms with Crippen molar-refractivity contribution < 1.29 is 0 Å². The van der Waals surface area contributed by atoms with Crippen LogP contribution in [0.1, 0.15) is 42.1 Å². The summed E-state index contributed by atoms with van der Waals surface area (Å²) in [6.07, 6.45) is 2.03. The minimum atomic E-state index is 0.0798. The van der Waals surface area contributed by atoms with Gasteiger partial charge in [-0.05, 0) is 54.3 Å². The maximum atomic E-state index is 6.40. The number of halogens is 2. The second-order valence-corrected chi connectivity index (χ2v) is 5.97. The Morgan fingerprint density at radius 3 is 2.29 bits per heavy atom. The van der Waals surface area contributed by atoms with Gasteiger partial charge in [0.2, 0.25) is 0 Å². The number of hydrogen-bond donors (Lipinski definition) is 1. The maximum Gasteiger partial charge on any atom is 0.0591 e. The van der Waals surface area contributed by atoms with E-state index in [1.165, 1.54) is 16.7 Å². The molecule has 0 heterocycles. The highest BCUT2D eigenvalue weighted by molar-refractivity contribution is 6.35. The van der Waals surface area contributed by atoms with Crippen LogP contribution in [-0.2, 0) is 12.8 Å². The summed E-state index contributed by atoms with van der Waals surface area (Å²) in [7, 11) is 1.97. The van der Waals surface area contributed by atoms with E-state index < -0.39 is 0 Å². The van der Waals surface area contributed by atoms with E-state index in [0.29, 0.717) is 10.0 Å². The van der Waals surface area contributed by atoms with Crippen LogP contribution in [0.25, 0.3) is 0 Å². The minimum Gasteiger partial charge on any atom is -0.309 e. The zero-order valence-corrected chi connectivity index (χ0v) is 14.2. The molecule has 112 valence electrons. The van der Waals surface area contributed by atoms with Crippen LogP contribution < -0.4 is 5.32 Å². The number of nitrogens with one attached hydrogen (secondary N) is 1. The lowest BCUT2D eigenvalue weighted by Gasteiger charge is -2.22. The lowest BCUT2D eigenvalue weighted by atomic mass is 9.91. The molecule has 1 N–H and O–H groups in total. The topological polar surface area (TPSA) is 12.0 Å². The van der Waals surface area contributed by atoms with Crippen molar-refractivity contribution in [2.24, 2.45) is 0 Å². The lowest BCUT2D eigenvalue weighted by molar-refractivity contribution is 0.683. The smallest absolute Gasteiger partial charge is 0.0591 e. The van der Waals surface area contributed by atoms with E-state index in [1.807, 2.05) is 19.2 Å². The van der Waals surface area contributed by atoms with Crippen LogP contribution in [-0.4, -0.2) is 7.05 Å². The highest BCUT2D eigenvalue weighted by Gasteiger charge is 2.18. The molecule has 0 aliphatic carbocycles. The van der Waals surface area contributed by atoms with Gasteiger partial charge in [-0.3, -0.25) is 0 Å². The van der Waals surface area contributed by atoms with E-state index in [4.69, 9.17) is 23.2 Å². The molecule has 0 saturated carbocycles. The molecule has 1 atom stereocenters. The molecule has 1 unspecified atom stereocenters. The standard InChI is InChI=1S/C18H21Cl2N/c1-4-12-6-7-13(5-2)16(10-12)18(21-3)15-9-8-14(19)11-17(15)20/h6-11,18,21H,4-5H2,1-3H3. The van der Waals surface area contributed by atoms with Crippen molar-refractivity contribution in [2.75, 3.05) is 7.05 Å². The van der Waals surface area contributed by atoms with Crippen LogP contribution in [0.15, 0.2) is 36.4 Å². The van der Waals surface area contributed by atoms with Gasteiger partial charge in [0, 0.05) is 10.0 Å². The molecule has 0 bridgehead atoms. The molecular formula is C18H21Cl2N. The molecule has 2 aromatic rings. The molecule has 3 heteroatoms. The van der Waals surface area contributed by atoms with E-state index >= 15 is 0 Å². The minimum absolute atomic E-state index is 0.0798. The quantitative estimate of drug-likeness (QED) is 0.774. The van der Waals surface area contributed by atoms with Gasteiger partial charge in [-0.15, -0.1) is 0 Å². The van der Waals surface area contributed by atoms with E-state index in [1.54, 1.807) is 6.07 Å². The third-order valence-corrected chi connectivity index (χ3v) is 4.44. The number of rotatable bonds is 5. The van der Waals surface area contributed by atoms with Crippen molar-refractivity contribution >= 4 is 23.2 Å². The lowest BCUT2D eigenvalue weighted by Crippen LogP contribution is -2.20. The first-order valence-electron chi connectivity index (χ1n) is 7.34. The summed E-state index contributed by atoms with van der Waals surface area (Å²) in [6.45, 7) is 4.36. The summed E-state index contributed by atoms with van der Waals surface area (Å²) in [6, 6.07) is 12.5. The highest BCUT2D eigenvalue weighted by Crippen LogP contribution is 2.32. The second kappa shape index (κ2) is 7.31. The Hall–Kier alpha value is -1.02. The first-order chi connectivity index (χ1) is 10.1. The highest BCUT2D eigenvalue weighted by atomic mass is 35.5. The van der Waals surface area contributed by atoms with E-state index in [-0.39, 0.29) is 6.04 Å². The zero-order valence-electron chi connectivity index (χ0n) is 12.7. The van der Waals surface area contributed by atoms with E-state index in [9.17, 15) is 0 Å². The molecule has 0 aliphatic rings. The molecule has 0 fully saturated rings. The molecule has 21 heavy (non-hydrogen) atoms. The predicted octanol–water partition coefficient (Wildman–Crippen LogP) is 5.43. The maximum absolute atomic E-state index is 6.40. The summed E-state index contributed by atoms with van der Waals surface area (Å²) in [4.78, 5) is 0. The molecule has 0 radical (unpaired) electrons. The normalized spacial score (nSPS) is 12.4. The van der Waals surface area contributed by atoms with Gasteiger partial charge in [0.05, 0.1) is 6.04 Å². The van der Waals surface area contributed by atoms with Crippen LogP contribution in [0.3, 0.4) is 0 Å². The van der Waals surface area contributed by atoms with Crippen LogP contribution in [0.2, 0.25) is 10.0 Å². The number of benzene rings is 2. The fourth-order valence-electron chi connectivity index (χ4n) is 2.67. The van der Waals surface area contributed by atoms with Gasteiger partial charge in [0.25, 0.3) is 0 Å². The van der Waals surface area contributed by atoms with Crippen LogP contribution in [0, 0.1) is 0 Å². The Kier molecular flexibility index (Phi) is 5.69. The fraction of sp³-hybridized carbons (Fsp3) is 0.333. The largest absolute Gasteiger partial charge is 0.309 e. The average Bonchev–Trinajstić information content (AvgIpc) is 2.49. The van der Waals surface area contributed by atoms with Gasteiger partial charge < -0.3 is 5.32 Å². The van der Waals surface area contributed by atoms with Gasteiger partial charge in [-0.1, -0.05) is 61.3 Å². The van der Waals surface area contributed by atoms with Gasteiger partial charge in [-0.25, -0.2) is 0 Å². The Balaban J connectivity index is 2.54. The molecule has 1 nitrogen and oxygen atoms in total. The number of hydrogen-bond acceptors (Lipinski definition) is 1. The second-order valence-electron chi connectivity index (χ2n) is 5.13. The van der Waals surface area contributed by atoms with Crippen LogP contribution in [0.4, 0.5) is 0 Å². The summed E-state index contributed by atoms with van der Waals surface area (Å²) >= 11 is 12.4. The van der Waals surface area contributed by atoms with Gasteiger partial charge in [-0.2, -0.15) is 0 Å². The third-order valence-electron chi connectivity index (χ3n) is 3.87. The molecule has 0 amide bonds. The van der Waals surface area contributed by atoms with Crippen LogP contribution in [0.5, 0.6) is 0 Å². The van der Waals surface area contributed by atoms with Crippen molar-refractivity contribution in [3.63, 3.8) is 0 Å². The summed E-state index contributed by atoms with van der Waals surface area (Å²) < 4.78 is 0. The zero-order chi connectivity index (χ0) is 15.4. The predicted molar refractivity (Wildman–Crippen MR) is 92.6 cm³/mol. The first-order valence-corrected chi connectivity index (χ1v) is 8.10. The van der Waals surface area contributed by atoms with E-state index in [2.05, 4.69) is 37.4 Å². The Morgan fingerprint density at radius 2 is 1.71 bits per heavy atom. The summed E-state index contributed by atoms with van der Waals surface area (Å²) in [5.74, 6) is 0. The molecular weight excluding hydrogens is 301 g/mol. The molecule has 0 spiro atoms. The molecule has 0 aliphatic heterocycles.